The first-order valence-electron chi connectivity index (χ1n) is 13.5. The van der Waals surface area contributed by atoms with E-state index in [0.717, 1.165) is 63.2 Å². The van der Waals surface area contributed by atoms with E-state index >= 15 is 0 Å². The highest BCUT2D eigenvalue weighted by Crippen LogP contribution is 2.43. The summed E-state index contributed by atoms with van der Waals surface area (Å²) < 4.78 is 0. The molecule has 0 saturated carbocycles. The van der Waals surface area contributed by atoms with Crippen LogP contribution >= 0.6 is 0 Å². The predicted molar refractivity (Wildman–Crippen MR) is 132 cm³/mol. The topological polar surface area (TPSA) is 51.7 Å². The maximum Gasteiger partial charge on any atom is 0.220 e. The molecule has 0 aromatic carbocycles. The van der Waals surface area contributed by atoms with Crippen molar-refractivity contribution < 1.29 is 4.79 Å². The average molecular weight is 454 g/mol. The number of likely N-dealkylation sites (tertiary alicyclic amines) is 2. The average Bonchev–Trinajstić information content (AvgIpc) is 2.83. The van der Waals surface area contributed by atoms with Gasteiger partial charge in [0, 0.05) is 50.0 Å². The van der Waals surface area contributed by atoms with Gasteiger partial charge in [0.25, 0.3) is 0 Å². The van der Waals surface area contributed by atoms with E-state index in [1.807, 2.05) is 12.4 Å². The summed E-state index contributed by atoms with van der Waals surface area (Å²) in [6.45, 7) is 6.99. The molecule has 4 atom stereocenters. The summed E-state index contributed by atoms with van der Waals surface area (Å²) in [6.07, 6.45) is 14.3. The molecular weight excluding hydrogens is 410 g/mol. The second kappa shape index (κ2) is 10.8. The molecule has 0 unspecified atom stereocenters. The van der Waals surface area contributed by atoms with Gasteiger partial charge in [-0.15, -0.1) is 0 Å². The van der Waals surface area contributed by atoms with Crippen LogP contribution < -0.4 is 5.32 Å². The number of hydrogen-bond donors (Lipinski definition) is 1. The van der Waals surface area contributed by atoms with Crippen molar-refractivity contribution in [2.75, 3.05) is 39.8 Å². The maximum atomic E-state index is 12.7. The van der Waals surface area contributed by atoms with Crippen molar-refractivity contribution in [3.8, 4) is 0 Å². The highest BCUT2D eigenvalue weighted by Gasteiger charge is 2.48. The Balaban J connectivity index is 1.22. The van der Waals surface area contributed by atoms with Crippen LogP contribution in [0.25, 0.3) is 0 Å². The van der Waals surface area contributed by atoms with Crippen LogP contribution in [-0.2, 0) is 11.3 Å². The van der Waals surface area contributed by atoms with Crippen molar-refractivity contribution in [2.45, 2.75) is 82.5 Å². The molecule has 6 nitrogen and oxygen atoms in total. The number of nitrogens with zero attached hydrogens (tertiary/aromatic N) is 4. The van der Waals surface area contributed by atoms with Crippen molar-refractivity contribution >= 4 is 5.91 Å². The summed E-state index contributed by atoms with van der Waals surface area (Å²) in [6, 6.07) is 6.02. The molecule has 182 valence electrons. The smallest absolute Gasteiger partial charge is 0.220 e. The van der Waals surface area contributed by atoms with Crippen molar-refractivity contribution in [2.24, 2.45) is 11.8 Å². The van der Waals surface area contributed by atoms with Gasteiger partial charge in [-0.05, 0) is 108 Å². The molecule has 1 amide bonds. The van der Waals surface area contributed by atoms with E-state index in [-0.39, 0.29) is 5.91 Å². The molecule has 0 radical (unpaired) electrons. The number of amides is 1. The second-order valence-electron chi connectivity index (χ2n) is 11.1. The number of nitrogens with one attached hydrogen (secondary N) is 1. The highest BCUT2D eigenvalue weighted by molar-refractivity contribution is 5.76. The van der Waals surface area contributed by atoms with Crippen LogP contribution in [0.15, 0.2) is 24.5 Å². The molecule has 0 aliphatic carbocycles. The quantitative estimate of drug-likeness (QED) is 0.687. The van der Waals surface area contributed by atoms with E-state index in [1.54, 1.807) is 0 Å². The van der Waals surface area contributed by atoms with Crippen LogP contribution in [0, 0.1) is 11.8 Å². The maximum absolute atomic E-state index is 12.7. The van der Waals surface area contributed by atoms with Crippen LogP contribution in [0.5, 0.6) is 0 Å². The number of aromatic nitrogens is 1. The highest BCUT2D eigenvalue weighted by atomic mass is 16.1. The molecule has 5 heterocycles. The lowest BCUT2D eigenvalue weighted by molar-refractivity contribution is -0.122. The SMILES string of the molecule is CN1CCC(NC(=O)CCC[C@@H]2[C@H]3CCCN4CCC[C@@H](CN2Cc2cccnc2)[C@@H]34)CC1. The first-order chi connectivity index (χ1) is 16.2. The molecule has 4 aliphatic rings. The van der Waals surface area contributed by atoms with Gasteiger partial charge in [-0.25, -0.2) is 0 Å². The summed E-state index contributed by atoms with van der Waals surface area (Å²) in [4.78, 5) is 25.0. The number of carbonyl (C=O) groups is 1. The first-order valence-corrected chi connectivity index (χ1v) is 13.5. The van der Waals surface area contributed by atoms with E-state index in [2.05, 4.69) is 44.2 Å². The van der Waals surface area contributed by atoms with Gasteiger partial charge < -0.3 is 10.2 Å². The normalized spacial score (nSPS) is 31.8. The largest absolute Gasteiger partial charge is 0.353 e. The Morgan fingerprint density at radius 2 is 1.94 bits per heavy atom. The van der Waals surface area contributed by atoms with Crippen LogP contribution in [0.3, 0.4) is 0 Å². The zero-order valence-corrected chi connectivity index (χ0v) is 20.5. The molecule has 5 rings (SSSR count). The van der Waals surface area contributed by atoms with E-state index in [9.17, 15) is 4.79 Å². The predicted octanol–water partition coefficient (Wildman–Crippen LogP) is 3.14. The third-order valence-corrected chi connectivity index (χ3v) is 8.87. The Morgan fingerprint density at radius 1 is 1.12 bits per heavy atom. The molecule has 1 aromatic heterocycles. The van der Waals surface area contributed by atoms with Crippen molar-refractivity contribution in [3.05, 3.63) is 30.1 Å². The van der Waals surface area contributed by atoms with Crippen molar-refractivity contribution in [1.82, 2.24) is 25.0 Å². The molecule has 1 N–H and O–H groups in total. The number of pyridine rings is 1. The number of hydrogen-bond acceptors (Lipinski definition) is 5. The Hall–Kier alpha value is -1.50. The van der Waals surface area contributed by atoms with Gasteiger partial charge in [-0.3, -0.25) is 19.6 Å². The molecule has 4 fully saturated rings. The fourth-order valence-corrected chi connectivity index (χ4v) is 7.31. The molecule has 6 heteroatoms. The minimum atomic E-state index is 0.264. The molecular formula is C27H43N5O. The third kappa shape index (κ3) is 5.60. The van der Waals surface area contributed by atoms with E-state index < -0.39 is 0 Å². The van der Waals surface area contributed by atoms with E-state index in [1.165, 1.54) is 50.9 Å². The third-order valence-electron chi connectivity index (χ3n) is 8.87. The van der Waals surface area contributed by atoms with Gasteiger partial charge in [0.1, 0.15) is 0 Å². The second-order valence-corrected chi connectivity index (χ2v) is 11.1. The van der Waals surface area contributed by atoms with Crippen LogP contribution in [0.2, 0.25) is 0 Å². The zero-order valence-electron chi connectivity index (χ0n) is 20.5. The fourth-order valence-electron chi connectivity index (χ4n) is 7.31. The lowest BCUT2D eigenvalue weighted by Gasteiger charge is -2.57. The number of rotatable bonds is 7. The van der Waals surface area contributed by atoms with Gasteiger partial charge >= 0.3 is 0 Å². The van der Waals surface area contributed by atoms with Gasteiger partial charge in [-0.2, -0.15) is 0 Å². The van der Waals surface area contributed by atoms with E-state index in [0.29, 0.717) is 18.5 Å². The zero-order chi connectivity index (χ0) is 22.6. The monoisotopic (exact) mass is 453 g/mol. The summed E-state index contributed by atoms with van der Waals surface area (Å²) in [5.41, 5.74) is 1.32. The number of carbonyl (C=O) groups excluding carboxylic acids is 1. The molecule has 1 aromatic rings. The minimum Gasteiger partial charge on any atom is -0.353 e. The summed E-state index contributed by atoms with van der Waals surface area (Å²) in [5, 5.41) is 3.32. The molecule has 0 bridgehead atoms. The first kappa shape index (κ1) is 23.3. The lowest BCUT2D eigenvalue weighted by Crippen LogP contribution is -2.64. The summed E-state index contributed by atoms with van der Waals surface area (Å²) >= 11 is 0. The Morgan fingerprint density at radius 3 is 2.73 bits per heavy atom. The standard InChI is InChI=1S/C27H43N5O/c1-30-16-11-23(12-17-30)29-26(33)10-2-9-25-24-8-5-15-31-14-4-7-22(27(24)31)20-32(25)19-21-6-3-13-28-18-21/h3,6,13,18,22-25,27H,2,4-5,7-12,14-17,19-20H2,1H3,(H,29,33)/t22-,24+,25+,27-/m0/s1. The van der Waals surface area contributed by atoms with Crippen LogP contribution in [-0.4, -0.2) is 83.5 Å². The van der Waals surface area contributed by atoms with Crippen LogP contribution in [0.1, 0.15) is 63.4 Å². The summed E-state index contributed by atoms with van der Waals surface area (Å²) in [5.74, 6) is 1.83. The Labute approximate surface area is 200 Å². The fraction of sp³-hybridized carbons (Fsp3) is 0.778. The van der Waals surface area contributed by atoms with Gasteiger partial charge in [0.2, 0.25) is 5.91 Å². The van der Waals surface area contributed by atoms with Gasteiger partial charge in [0.05, 0.1) is 0 Å². The molecule has 4 aliphatic heterocycles. The van der Waals surface area contributed by atoms with Gasteiger partial charge in [0.15, 0.2) is 0 Å². The van der Waals surface area contributed by atoms with Crippen LogP contribution in [0.4, 0.5) is 0 Å². The number of piperidine rings is 4. The molecule has 4 saturated heterocycles. The minimum absolute atomic E-state index is 0.264. The van der Waals surface area contributed by atoms with E-state index in [4.69, 9.17) is 0 Å². The van der Waals surface area contributed by atoms with Crippen molar-refractivity contribution in [1.29, 1.82) is 0 Å². The summed E-state index contributed by atoms with van der Waals surface area (Å²) in [7, 11) is 2.17. The van der Waals surface area contributed by atoms with Crippen molar-refractivity contribution in [3.63, 3.8) is 0 Å². The molecule has 33 heavy (non-hydrogen) atoms. The Kier molecular flexibility index (Phi) is 7.63. The van der Waals surface area contributed by atoms with Gasteiger partial charge in [-0.1, -0.05) is 6.07 Å². The molecule has 0 spiro atoms. The lowest BCUT2D eigenvalue weighted by atomic mass is 9.69. The Bertz CT molecular complexity index is 763.